The van der Waals surface area contributed by atoms with Gasteiger partial charge in [-0.05, 0) is 94.0 Å². The summed E-state index contributed by atoms with van der Waals surface area (Å²) in [6.45, 7) is 12.8. The zero-order chi connectivity index (χ0) is 18.4. The third kappa shape index (κ3) is 6.21. The van der Waals surface area contributed by atoms with Gasteiger partial charge in [0.25, 0.3) is 0 Å². The van der Waals surface area contributed by atoms with Gasteiger partial charge in [0.1, 0.15) is 0 Å². The van der Waals surface area contributed by atoms with E-state index in [2.05, 4.69) is 77.9 Å². The van der Waals surface area contributed by atoms with Crippen LogP contribution in [-0.4, -0.2) is 11.4 Å². The van der Waals surface area contributed by atoms with Gasteiger partial charge >= 0.3 is 0 Å². The third-order valence-corrected chi connectivity index (χ3v) is 4.73. The van der Waals surface area contributed by atoms with E-state index in [0.717, 1.165) is 42.1 Å². The second-order valence-corrected chi connectivity index (χ2v) is 6.90. The number of aliphatic imine (C=N–C) groups is 2. The molecule has 0 bridgehead atoms. The standard InChI is InChI=1S/C23H30N2.Ni/c1-7-8-9-23(25-22-13-11-17(3)19(5)15-22)20(6)24-21-12-10-16(2)18(4)14-21;/h10-15H,7-9H2,1-6H3;/b24-20+,25-23+;. The van der Waals surface area contributed by atoms with E-state index in [0.29, 0.717) is 0 Å². The Morgan fingerprint density at radius 3 is 1.73 bits per heavy atom. The van der Waals surface area contributed by atoms with Gasteiger partial charge in [-0.3, -0.25) is 9.98 Å². The first-order valence-electron chi connectivity index (χ1n) is 9.18. The van der Waals surface area contributed by atoms with Gasteiger partial charge in [0.05, 0.1) is 22.8 Å². The molecule has 0 aromatic heterocycles. The van der Waals surface area contributed by atoms with E-state index in [1.807, 2.05) is 0 Å². The van der Waals surface area contributed by atoms with E-state index in [1.165, 1.54) is 22.3 Å². The van der Waals surface area contributed by atoms with Gasteiger partial charge in [-0.2, -0.15) is 0 Å². The van der Waals surface area contributed by atoms with Crippen molar-refractivity contribution in [2.75, 3.05) is 0 Å². The molecule has 0 spiro atoms. The Morgan fingerprint density at radius 1 is 0.769 bits per heavy atom. The van der Waals surface area contributed by atoms with Crippen molar-refractivity contribution in [1.29, 1.82) is 0 Å². The Morgan fingerprint density at radius 2 is 1.27 bits per heavy atom. The molecule has 3 heteroatoms. The van der Waals surface area contributed by atoms with E-state index in [4.69, 9.17) is 9.98 Å². The van der Waals surface area contributed by atoms with Crippen LogP contribution in [0.15, 0.2) is 46.4 Å². The predicted molar refractivity (Wildman–Crippen MR) is 111 cm³/mol. The molecule has 0 radical (unpaired) electrons. The fourth-order valence-electron chi connectivity index (χ4n) is 2.67. The molecule has 2 aromatic rings. The van der Waals surface area contributed by atoms with Crippen molar-refractivity contribution in [3.05, 3.63) is 58.7 Å². The van der Waals surface area contributed by atoms with Crippen molar-refractivity contribution in [3.8, 4) is 0 Å². The molecule has 0 aliphatic heterocycles. The molecule has 0 N–H and O–H groups in total. The van der Waals surface area contributed by atoms with E-state index < -0.39 is 0 Å². The molecule has 0 atom stereocenters. The number of aryl methyl sites for hydroxylation is 4. The molecular weight excluding hydrogens is 363 g/mol. The monoisotopic (exact) mass is 392 g/mol. The zero-order valence-electron chi connectivity index (χ0n) is 16.8. The van der Waals surface area contributed by atoms with Crippen LogP contribution in [0.3, 0.4) is 0 Å². The van der Waals surface area contributed by atoms with Gasteiger partial charge in [0.2, 0.25) is 0 Å². The topological polar surface area (TPSA) is 24.7 Å². The van der Waals surface area contributed by atoms with Gasteiger partial charge in [0, 0.05) is 16.5 Å². The van der Waals surface area contributed by atoms with Crippen LogP contribution in [0.25, 0.3) is 0 Å². The van der Waals surface area contributed by atoms with Crippen molar-refractivity contribution in [3.63, 3.8) is 0 Å². The maximum atomic E-state index is 4.92. The molecule has 0 aliphatic rings. The second kappa shape index (κ2) is 10.4. The summed E-state index contributed by atoms with van der Waals surface area (Å²) in [5.41, 5.74) is 9.27. The summed E-state index contributed by atoms with van der Waals surface area (Å²) in [6.07, 6.45) is 3.25. The first-order chi connectivity index (χ1) is 11.9. The molecule has 0 unspecified atom stereocenters. The second-order valence-electron chi connectivity index (χ2n) is 6.90. The maximum absolute atomic E-state index is 4.92. The molecule has 2 rings (SSSR count). The summed E-state index contributed by atoms with van der Waals surface area (Å²) in [7, 11) is 0. The molecule has 0 saturated heterocycles. The summed E-state index contributed by atoms with van der Waals surface area (Å²) < 4.78 is 0. The quantitative estimate of drug-likeness (QED) is 0.374. The minimum Gasteiger partial charge on any atom is -0.252 e. The van der Waals surface area contributed by atoms with Crippen molar-refractivity contribution < 1.29 is 16.5 Å². The van der Waals surface area contributed by atoms with Crippen molar-refractivity contribution in [2.24, 2.45) is 9.98 Å². The van der Waals surface area contributed by atoms with E-state index in [1.54, 1.807) is 0 Å². The Hall–Kier alpha value is -1.73. The average molecular weight is 393 g/mol. The van der Waals surface area contributed by atoms with Crippen molar-refractivity contribution in [1.82, 2.24) is 0 Å². The summed E-state index contributed by atoms with van der Waals surface area (Å²) in [4.78, 5) is 9.76. The molecule has 2 nitrogen and oxygen atoms in total. The van der Waals surface area contributed by atoms with E-state index >= 15 is 0 Å². The molecule has 0 amide bonds. The number of nitrogens with zero attached hydrogens (tertiary/aromatic N) is 2. The Kier molecular flexibility index (Phi) is 8.95. The van der Waals surface area contributed by atoms with Crippen LogP contribution < -0.4 is 0 Å². The first kappa shape index (κ1) is 22.3. The SMILES string of the molecule is CCCCC(=N\c1ccc(C)c(C)c1)/C(C)=N/c1ccc(C)c(C)c1.[Ni]. The van der Waals surface area contributed by atoms with Crippen LogP contribution >= 0.6 is 0 Å². The molecule has 0 aliphatic carbocycles. The van der Waals surface area contributed by atoms with Gasteiger partial charge in [-0.15, -0.1) is 0 Å². The van der Waals surface area contributed by atoms with Gasteiger partial charge in [-0.1, -0.05) is 25.5 Å². The fourth-order valence-corrected chi connectivity index (χ4v) is 2.67. The van der Waals surface area contributed by atoms with E-state index in [-0.39, 0.29) is 16.5 Å². The largest absolute Gasteiger partial charge is 0.252 e. The summed E-state index contributed by atoms with van der Waals surface area (Å²) in [5, 5.41) is 0. The molecule has 26 heavy (non-hydrogen) atoms. The van der Waals surface area contributed by atoms with Crippen molar-refractivity contribution in [2.45, 2.75) is 60.8 Å². The summed E-state index contributed by atoms with van der Waals surface area (Å²) in [6, 6.07) is 12.8. The number of benzene rings is 2. The van der Waals surface area contributed by atoms with Crippen LogP contribution in [0.5, 0.6) is 0 Å². The minimum absolute atomic E-state index is 0. The number of hydrogen-bond acceptors (Lipinski definition) is 2. The molecular formula is C23H30N2Ni. The summed E-state index contributed by atoms with van der Waals surface area (Å²) >= 11 is 0. The number of hydrogen-bond donors (Lipinski definition) is 0. The Balaban J connectivity index is 0.00000338. The molecule has 142 valence electrons. The normalized spacial score (nSPS) is 12.1. The average Bonchev–Trinajstić information content (AvgIpc) is 2.58. The fraction of sp³-hybridized carbons (Fsp3) is 0.391. The predicted octanol–water partition coefficient (Wildman–Crippen LogP) is 6.97. The molecule has 0 saturated carbocycles. The number of rotatable bonds is 6. The van der Waals surface area contributed by atoms with Crippen LogP contribution in [0, 0.1) is 27.7 Å². The Labute approximate surface area is 168 Å². The van der Waals surface area contributed by atoms with Crippen LogP contribution in [0.2, 0.25) is 0 Å². The summed E-state index contributed by atoms with van der Waals surface area (Å²) in [5.74, 6) is 0. The van der Waals surface area contributed by atoms with Gasteiger partial charge < -0.3 is 0 Å². The van der Waals surface area contributed by atoms with Gasteiger partial charge in [0.15, 0.2) is 0 Å². The number of unbranched alkanes of at least 4 members (excludes halogenated alkanes) is 1. The Bertz CT molecular complexity index is 804. The van der Waals surface area contributed by atoms with Crippen LogP contribution in [0.1, 0.15) is 55.4 Å². The molecule has 2 aromatic carbocycles. The van der Waals surface area contributed by atoms with Crippen molar-refractivity contribution >= 4 is 22.8 Å². The third-order valence-electron chi connectivity index (χ3n) is 4.73. The van der Waals surface area contributed by atoms with Crippen LogP contribution in [0.4, 0.5) is 11.4 Å². The molecule has 0 fully saturated rings. The van der Waals surface area contributed by atoms with Crippen LogP contribution in [-0.2, 0) is 16.5 Å². The smallest absolute Gasteiger partial charge is 0.0636 e. The minimum atomic E-state index is 0. The zero-order valence-corrected chi connectivity index (χ0v) is 17.8. The molecule has 0 heterocycles. The first-order valence-corrected chi connectivity index (χ1v) is 9.18. The maximum Gasteiger partial charge on any atom is 0.0636 e. The van der Waals surface area contributed by atoms with E-state index in [9.17, 15) is 0 Å². The van der Waals surface area contributed by atoms with Gasteiger partial charge in [-0.25, -0.2) is 0 Å².